The number of nitrogens with one attached hydrogen (secondary N) is 1. The number of amides is 4. The summed E-state index contributed by atoms with van der Waals surface area (Å²) in [6.45, 7) is 5.25. The van der Waals surface area contributed by atoms with Crippen LogP contribution >= 0.6 is 0 Å². The Hall–Kier alpha value is -1.65. The van der Waals surface area contributed by atoms with Crippen LogP contribution < -0.4 is 5.32 Å². The van der Waals surface area contributed by atoms with Crippen molar-refractivity contribution >= 4 is 17.8 Å². The summed E-state index contributed by atoms with van der Waals surface area (Å²) in [4.78, 5) is 36.2. The van der Waals surface area contributed by atoms with E-state index < -0.39 is 23.3 Å². The van der Waals surface area contributed by atoms with E-state index in [1.807, 2.05) is 0 Å². The lowest BCUT2D eigenvalue weighted by atomic mass is 9.75. The molecular formula is C11H16N2O3. The van der Waals surface area contributed by atoms with Crippen LogP contribution in [0.1, 0.15) is 27.2 Å². The zero-order valence-corrected chi connectivity index (χ0v) is 9.96. The van der Waals surface area contributed by atoms with Gasteiger partial charge in [-0.1, -0.05) is 18.6 Å². The first-order valence-corrected chi connectivity index (χ1v) is 5.18. The predicted octanol–water partition coefficient (Wildman–Crippen LogP) is 1.06. The number of carbonyl (C=O) groups is 3. The molecule has 16 heavy (non-hydrogen) atoms. The molecule has 1 N–H and O–H groups in total. The second-order valence-electron chi connectivity index (χ2n) is 3.85. The summed E-state index contributed by atoms with van der Waals surface area (Å²) in [7, 11) is 1.37. The number of rotatable bonds is 2. The van der Waals surface area contributed by atoms with Crippen molar-refractivity contribution in [2.75, 3.05) is 7.05 Å². The van der Waals surface area contributed by atoms with Crippen molar-refractivity contribution in [1.82, 2.24) is 10.2 Å². The summed E-state index contributed by atoms with van der Waals surface area (Å²) in [5, 5.41) is 2.20. The molecule has 0 aromatic heterocycles. The second-order valence-corrected chi connectivity index (χ2v) is 3.85. The monoisotopic (exact) mass is 224 g/mol. The Morgan fingerprint density at radius 3 is 2.44 bits per heavy atom. The number of hydrogen-bond donors (Lipinski definition) is 1. The molecule has 0 aliphatic carbocycles. The lowest BCUT2D eigenvalue weighted by Gasteiger charge is -2.37. The number of nitrogens with zero attached hydrogens (tertiary/aromatic N) is 1. The fourth-order valence-electron chi connectivity index (χ4n) is 1.95. The molecule has 1 fully saturated rings. The molecule has 4 amide bonds. The van der Waals surface area contributed by atoms with Gasteiger partial charge in [0.15, 0.2) is 0 Å². The molecule has 1 atom stereocenters. The van der Waals surface area contributed by atoms with E-state index in [0.29, 0.717) is 12.0 Å². The number of hydrogen-bond acceptors (Lipinski definition) is 3. The Kier molecular flexibility index (Phi) is 3.16. The highest BCUT2D eigenvalue weighted by atomic mass is 16.2. The van der Waals surface area contributed by atoms with Gasteiger partial charge in [-0.15, -0.1) is 0 Å². The van der Waals surface area contributed by atoms with Gasteiger partial charge in [0, 0.05) is 7.05 Å². The molecule has 1 saturated heterocycles. The van der Waals surface area contributed by atoms with Crippen LogP contribution in [0.4, 0.5) is 4.79 Å². The number of allylic oxidation sites excluding steroid dienone is 1. The average molecular weight is 224 g/mol. The van der Waals surface area contributed by atoms with Crippen LogP contribution in [0.5, 0.6) is 0 Å². The third-order valence-corrected chi connectivity index (χ3v) is 3.22. The van der Waals surface area contributed by atoms with E-state index in [-0.39, 0.29) is 0 Å². The van der Waals surface area contributed by atoms with E-state index in [0.717, 1.165) is 4.90 Å². The van der Waals surface area contributed by atoms with Crippen LogP contribution in [0.2, 0.25) is 0 Å². The molecule has 1 rings (SSSR count). The minimum Gasteiger partial charge on any atom is -0.276 e. The highest BCUT2D eigenvalue weighted by Crippen LogP contribution is 2.35. The van der Waals surface area contributed by atoms with Gasteiger partial charge >= 0.3 is 6.03 Å². The first-order valence-electron chi connectivity index (χ1n) is 5.18. The fourth-order valence-corrected chi connectivity index (χ4v) is 1.95. The normalized spacial score (nSPS) is 27.1. The molecule has 0 saturated carbocycles. The highest BCUT2D eigenvalue weighted by molar-refractivity contribution is 6.20. The molecule has 1 aliphatic rings. The number of barbiturate groups is 1. The van der Waals surface area contributed by atoms with Crippen molar-refractivity contribution in [2.45, 2.75) is 27.2 Å². The van der Waals surface area contributed by atoms with E-state index in [2.05, 4.69) is 5.32 Å². The molecular weight excluding hydrogens is 208 g/mol. The first-order chi connectivity index (χ1) is 7.41. The maximum Gasteiger partial charge on any atom is 0.330 e. The SMILES string of the molecule is C/C=C(/C)C1(CC)C(=O)NC(=O)N(C)C1=O. The van der Waals surface area contributed by atoms with E-state index in [9.17, 15) is 14.4 Å². The zero-order valence-electron chi connectivity index (χ0n) is 9.96. The summed E-state index contributed by atoms with van der Waals surface area (Å²) in [6, 6.07) is -0.664. The minimum absolute atomic E-state index is 0.339. The molecule has 0 radical (unpaired) electrons. The van der Waals surface area contributed by atoms with E-state index in [4.69, 9.17) is 0 Å². The van der Waals surface area contributed by atoms with Gasteiger partial charge in [0.05, 0.1) is 0 Å². The number of imide groups is 2. The van der Waals surface area contributed by atoms with Crippen LogP contribution in [0.25, 0.3) is 0 Å². The smallest absolute Gasteiger partial charge is 0.276 e. The van der Waals surface area contributed by atoms with E-state index >= 15 is 0 Å². The number of urea groups is 1. The van der Waals surface area contributed by atoms with Gasteiger partial charge < -0.3 is 0 Å². The highest BCUT2D eigenvalue weighted by Gasteiger charge is 2.52. The molecule has 0 spiro atoms. The zero-order chi connectivity index (χ0) is 12.5. The Morgan fingerprint density at radius 1 is 1.44 bits per heavy atom. The van der Waals surface area contributed by atoms with Crippen LogP contribution in [0.3, 0.4) is 0 Å². The summed E-state index contributed by atoms with van der Waals surface area (Å²) in [6.07, 6.45) is 2.07. The standard InChI is InChI=1S/C11H16N2O3/c1-5-7(3)11(6-2)8(14)12-10(16)13(4)9(11)15/h5H,6H2,1-4H3,(H,12,14,16)/b7-5-. The van der Waals surface area contributed by atoms with Crippen LogP contribution in [0.15, 0.2) is 11.6 Å². The van der Waals surface area contributed by atoms with Crippen molar-refractivity contribution in [3.8, 4) is 0 Å². The maximum absolute atomic E-state index is 12.1. The molecule has 0 bridgehead atoms. The molecule has 1 aliphatic heterocycles. The van der Waals surface area contributed by atoms with E-state index in [1.165, 1.54) is 7.05 Å². The summed E-state index contributed by atoms with van der Waals surface area (Å²) in [5.74, 6) is -0.988. The molecule has 5 nitrogen and oxygen atoms in total. The molecule has 5 heteroatoms. The largest absolute Gasteiger partial charge is 0.330 e. The van der Waals surface area contributed by atoms with Crippen LogP contribution in [0, 0.1) is 5.41 Å². The summed E-state index contributed by atoms with van der Waals surface area (Å²) in [5.41, 5.74) is -0.561. The minimum atomic E-state index is -1.22. The topological polar surface area (TPSA) is 66.5 Å². The van der Waals surface area contributed by atoms with Crippen molar-refractivity contribution in [1.29, 1.82) is 0 Å². The van der Waals surface area contributed by atoms with Gasteiger partial charge in [0.25, 0.3) is 0 Å². The average Bonchev–Trinajstić information content (AvgIpc) is 2.27. The molecule has 1 heterocycles. The van der Waals surface area contributed by atoms with Gasteiger partial charge in [-0.25, -0.2) is 4.79 Å². The van der Waals surface area contributed by atoms with Crippen LogP contribution in [-0.4, -0.2) is 29.8 Å². The lowest BCUT2D eigenvalue weighted by molar-refractivity contribution is -0.148. The van der Waals surface area contributed by atoms with Gasteiger partial charge in [-0.05, 0) is 20.3 Å². The van der Waals surface area contributed by atoms with Gasteiger partial charge in [-0.2, -0.15) is 0 Å². The Morgan fingerprint density at radius 2 is 2.00 bits per heavy atom. The molecule has 0 aromatic rings. The summed E-state index contributed by atoms with van der Waals surface area (Å²) < 4.78 is 0. The van der Waals surface area contributed by atoms with Gasteiger partial charge in [-0.3, -0.25) is 19.8 Å². The third kappa shape index (κ3) is 1.43. The van der Waals surface area contributed by atoms with Crippen molar-refractivity contribution in [2.24, 2.45) is 5.41 Å². The molecule has 1 unspecified atom stereocenters. The molecule has 0 aromatic carbocycles. The Balaban J connectivity index is 3.33. The first kappa shape index (κ1) is 12.4. The second kappa shape index (κ2) is 4.08. The maximum atomic E-state index is 12.1. The summed E-state index contributed by atoms with van der Waals surface area (Å²) >= 11 is 0. The van der Waals surface area contributed by atoms with Gasteiger partial charge in [0.1, 0.15) is 5.41 Å². The van der Waals surface area contributed by atoms with Crippen molar-refractivity contribution in [3.05, 3.63) is 11.6 Å². The van der Waals surface area contributed by atoms with Crippen molar-refractivity contribution in [3.63, 3.8) is 0 Å². The fraction of sp³-hybridized carbons (Fsp3) is 0.545. The Bertz CT molecular complexity index is 387. The number of carbonyl (C=O) groups excluding carboxylic acids is 3. The lowest BCUT2D eigenvalue weighted by Crippen LogP contribution is -2.62. The predicted molar refractivity (Wildman–Crippen MR) is 58.5 cm³/mol. The Labute approximate surface area is 94.5 Å². The third-order valence-electron chi connectivity index (χ3n) is 3.22. The van der Waals surface area contributed by atoms with E-state index in [1.54, 1.807) is 26.8 Å². The molecule has 88 valence electrons. The van der Waals surface area contributed by atoms with Crippen LogP contribution in [-0.2, 0) is 9.59 Å². The quantitative estimate of drug-likeness (QED) is 0.563. The van der Waals surface area contributed by atoms with Crippen molar-refractivity contribution < 1.29 is 14.4 Å². The van der Waals surface area contributed by atoms with Gasteiger partial charge in [0.2, 0.25) is 11.8 Å².